The lowest BCUT2D eigenvalue weighted by molar-refractivity contribution is 0.214. The average Bonchev–Trinajstić information content (AvgIpc) is 2.53. The smallest absolute Gasteiger partial charge is 0.342 e. The molecule has 1 N–H and O–H groups in total. The van der Waals surface area contributed by atoms with Gasteiger partial charge in [-0.1, -0.05) is 41.9 Å². The molecule has 0 aliphatic carbocycles. The Hall–Kier alpha value is -1.32. The first-order valence-electron chi connectivity index (χ1n) is 7.85. The number of hydrogen-bond acceptors (Lipinski definition) is 4. The molecule has 0 saturated heterocycles. The summed E-state index contributed by atoms with van der Waals surface area (Å²) in [5, 5.41) is 10.9. The quantitative estimate of drug-likeness (QED) is 0.636. The highest BCUT2D eigenvalue weighted by molar-refractivity contribution is 7.54. The highest BCUT2D eigenvalue weighted by Crippen LogP contribution is 2.64. The topological polar surface area (TPSA) is 55.8 Å². The minimum atomic E-state index is -3.54. The van der Waals surface area contributed by atoms with E-state index in [0.29, 0.717) is 10.6 Å². The van der Waals surface area contributed by atoms with Crippen LogP contribution in [0.1, 0.15) is 36.2 Å². The van der Waals surface area contributed by atoms with E-state index < -0.39 is 13.3 Å². The highest BCUT2D eigenvalue weighted by Gasteiger charge is 2.39. The average molecular weight is 369 g/mol. The summed E-state index contributed by atoms with van der Waals surface area (Å²) in [7, 11) is -3.54. The Morgan fingerprint density at radius 2 is 1.75 bits per heavy atom. The minimum Gasteiger partial charge on any atom is -0.508 e. The highest BCUT2D eigenvalue weighted by atomic mass is 35.5. The van der Waals surface area contributed by atoms with Crippen molar-refractivity contribution in [2.45, 2.75) is 26.4 Å². The maximum absolute atomic E-state index is 13.5. The Morgan fingerprint density at radius 3 is 2.29 bits per heavy atom. The largest absolute Gasteiger partial charge is 0.508 e. The van der Waals surface area contributed by atoms with Gasteiger partial charge in [0.05, 0.1) is 13.2 Å². The molecule has 2 aromatic rings. The van der Waals surface area contributed by atoms with Crippen LogP contribution in [0.2, 0.25) is 5.02 Å². The van der Waals surface area contributed by atoms with E-state index in [1.807, 2.05) is 13.0 Å². The van der Waals surface area contributed by atoms with Crippen LogP contribution in [-0.4, -0.2) is 18.3 Å². The zero-order chi connectivity index (χ0) is 17.7. The molecule has 4 nitrogen and oxygen atoms in total. The minimum absolute atomic E-state index is 0.0507. The molecule has 1 atom stereocenters. The first-order chi connectivity index (χ1) is 11.4. The lowest BCUT2D eigenvalue weighted by Gasteiger charge is -2.28. The fourth-order valence-corrected chi connectivity index (χ4v) is 4.93. The maximum Gasteiger partial charge on any atom is 0.342 e. The van der Waals surface area contributed by atoms with Gasteiger partial charge in [0.2, 0.25) is 0 Å². The molecule has 0 spiro atoms. The van der Waals surface area contributed by atoms with Crippen molar-refractivity contribution in [1.82, 2.24) is 0 Å². The summed E-state index contributed by atoms with van der Waals surface area (Å²) < 4.78 is 24.6. The monoisotopic (exact) mass is 368 g/mol. The number of halogens is 1. The summed E-state index contributed by atoms with van der Waals surface area (Å²) in [6, 6.07) is 12.2. The molecule has 2 rings (SSSR count). The lowest BCUT2D eigenvalue weighted by Crippen LogP contribution is -2.09. The second-order valence-corrected chi connectivity index (χ2v) is 7.87. The van der Waals surface area contributed by atoms with Crippen LogP contribution in [0.15, 0.2) is 42.5 Å². The standard InChI is InChI=1S/C18H22ClO4P/c1-4-22-24(21,23-5-2)18(15-8-6-7-9-17(15)20)14-10-11-16(19)13(3)12-14/h6-12,18,20H,4-5H2,1-3H3. The molecule has 0 aromatic heterocycles. The molecule has 24 heavy (non-hydrogen) atoms. The first-order valence-corrected chi connectivity index (χ1v) is 9.84. The van der Waals surface area contributed by atoms with Gasteiger partial charge in [-0.15, -0.1) is 0 Å². The predicted octanol–water partition coefficient (Wildman–Crippen LogP) is 5.71. The number of rotatable bonds is 7. The summed E-state index contributed by atoms with van der Waals surface area (Å²) in [5.41, 5.74) is 1.36. The van der Waals surface area contributed by atoms with Gasteiger partial charge in [-0.2, -0.15) is 0 Å². The van der Waals surface area contributed by atoms with Crippen molar-refractivity contribution in [1.29, 1.82) is 0 Å². The van der Waals surface area contributed by atoms with Crippen LogP contribution in [-0.2, 0) is 13.6 Å². The van der Waals surface area contributed by atoms with Crippen molar-refractivity contribution in [3.63, 3.8) is 0 Å². The summed E-state index contributed by atoms with van der Waals surface area (Å²) >= 11 is 6.12. The van der Waals surface area contributed by atoms with Crippen LogP contribution in [0.25, 0.3) is 0 Å². The first kappa shape index (κ1) is 19.0. The van der Waals surface area contributed by atoms with Crippen molar-refractivity contribution in [3.8, 4) is 5.75 Å². The van der Waals surface area contributed by atoms with E-state index in [1.165, 1.54) is 0 Å². The molecule has 6 heteroatoms. The molecular formula is C18H22ClO4P. The Labute approximate surface area is 147 Å². The molecule has 130 valence electrons. The zero-order valence-electron chi connectivity index (χ0n) is 14.0. The van der Waals surface area contributed by atoms with Crippen LogP contribution in [0.5, 0.6) is 5.75 Å². The van der Waals surface area contributed by atoms with Crippen LogP contribution >= 0.6 is 19.2 Å². The van der Waals surface area contributed by atoms with Gasteiger partial charge in [0.1, 0.15) is 11.4 Å². The molecule has 0 aliphatic heterocycles. The molecule has 0 saturated carbocycles. The number of phenols is 1. The maximum atomic E-state index is 13.5. The predicted molar refractivity (Wildman–Crippen MR) is 97.0 cm³/mol. The van der Waals surface area contributed by atoms with Crippen molar-refractivity contribution in [2.24, 2.45) is 0 Å². The van der Waals surface area contributed by atoms with Gasteiger partial charge in [-0.3, -0.25) is 4.57 Å². The van der Waals surface area contributed by atoms with E-state index in [0.717, 1.165) is 11.1 Å². The molecule has 2 aromatic carbocycles. The van der Waals surface area contributed by atoms with Gasteiger partial charge in [0.25, 0.3) is 0 Å². The van der Waals surface area contributed by atoms with Crippen molar-refractivity contribution >= 4 is 19.2 Å². The third-order valence-electron chi connectivity index (χ3n) is 3.66. The number of hydrogen-bond donors (Lipinski definition) is 1. The van der Waals surface area contributed by atoms with Crippen molar-refractivity contribution in [2.75, 3.05) is 13.2 Å². The van der Waals surface area contributed by atoms with Crippen molar-refractivity contribution in [3.05, 3.63) is 64.2 Å². The zero-order valence-corrected chi connectivity index (χ0v) is 15.7. The molecule has 0 aliphatic rings. The Balaban J connectivity index is 2.67. The van der Waals surface area contributed by atoms with Crippen molar-refractivity contribution < 1.29 is 18.7 Å². The summed E-state index contributed by atoms with van der Waals surface area (Å²) in [5.74, 6) is 0.0507. The van der Waals surface area contributed by atoms with Gasteiger partial charge < -0.3 is 14.2 Å². The normalized spacial score (nSPS) is 13.0. The summed E-state index contributed by atoms with van der Waals surface area (Å²) in [4.78, 5) is 0. The van der Waals surface area contributed by atoms with Gasteiger partial charge >= 0.3 is 7.60 Å². The molecule has 0 heterocycles. The van der Waals surface area contributed by atoms with E-state index >= 15 is 0 Å². The molecule has 0 fully saturated rings. The van der Waals surface area contributed by atoms with E-state index in [2.05, 4.69) is 0 Å². The van der Waals surface area contributed by atoms with Gasteiger partial charge in [0, 0.05) is 10.6 Å². The molecule has 0 radical (unpaired) electrons. The Morgan fingerprint density at radius 1 is 1.12 bits per heavy atom. The molecular weight excluding hydrogens is 347 g/mol. The van der Waals surface area contributed by atoms with E-state index in [9.17, 15) is 9.67 Å². The molecule has 0 bridgehead atoms. The van der Waals surface area contributed by atoms with Gasteiger partial charge in [-0.05, 0) is 44.0 Å². The van der Waals surface area contributed by atoms with Crippen LogP contribution in [0, 0.1) is 6.92 Å². The van der Waals surface area contributed by atoms with Crippen LogP contribution in [0.3, 0.4) is 0 Å². The number of phenolic OH excluding ortho intramolecular Hbond substituents is 1. The van der Waals surface area contributed by atoms with Crippen LogP contribution in [0.4, 0.5) is 0 Å². The Bertz CT molecular complexity index is 738. The molecule has 0 amide bonds. The SMILES string of the molecule is CCOP(=O)(OCC)C(c1ccc(Cl)c(C)c1)c1ccccc1O. The fraction of sp³-hybridized carbons (Fsp3) is 0.333. The Kier molecular flexibility index (Phi) is 6.47. The fourth-order valence-electron chi connectivity index (χ4n) is 2.64. The van der Waals surface area contributed by atoms with Gasteiger partial charge in [0.15, 0.2) is 0 Å². The van der Waals surface area contributed by atoms with E-state index in [1.54, 1.807) is 50.2 Å². The number of benzene rings is 2. The second kappa shape index (κ2) is 8.17. The van der Waals surface area contributed by atoms with E-state index in [4.69, 9.17) is 20.6 Å². The van der Waals surface area contributed by atoms with Gasteiger partial charge in [-0.25, -0.2) is 0 Å². The number of aromatic hydroxyl groups is 1. The third kappa shape index (κ3) is 4.01. The second-order valence-electron chi connectivity index (χ2n) is 5.35. The third-order valence-corrected chi connectivity index (χ3v) is 6.53. The van der Waals surface area contributed by atoms with Crippen LogP contribution < -0.4 is 0 Å². The summed E-state index contributed by atoms with van der Waals surface area (Å²) in [6.07, 6.45) is 0. The number of para-hydroxylation sites is 1. The van der Waals surface area contributed by atoms with E-state index in [-0.39, 0.29) is 19.0 Å². The summed E-state index contributed by atoms with van der Waals surface area (Å²) in [6.45, 7) is 5.89. The number of aryl methyl sites for hydroxylation is 1. The molecule has 1 unspecified atom stereocenters. The lowest BCUT2D eigenvalue weighted by atomic mass is 10.0.